The van der Waals surface area contributed by atoms with Crippen LogP contribution in [0.2, 0.25) is 0 Å². The van der Waals surface area contributed by atoms with Crippen molar-refractivity contribution in [2.45, 2.75) is 13.8 Å². The first-order chi connectivity index (χ1) is 10.7. The van der Waals surface area contributed by atoms with Crippen LogP contribution >= 0.6 is 0 Å². The van der Waals surface area contributed by atoms with Gasteiger partial charge in [-0.1, -0.05) is 12.1 Å². The molecule has 0 aliphatic heterocycles. The molecule has 0 aliphatic rings. The van der Waals surface area contributed by atoms with Gasteiger partial charge in [-0.25, -0.2) is 9.67 Å². The highest BCUT2D eigenvalue weighted by Crippen LogP contribution is 2.22. The second-order valence-electron chi connectivity index (χ2n) is 5.23. The summed E-state index contributed by atoms with van der Waals surface area (Å²) >= 11 is 0. The number of benzene rings is 1. The van der Waals surface area contributed by atoms with Crippen molar-refractivity contribution in [1.82, 2.24) is 29.5 Å². The number of hydrogen-bond donors (Lipinski definition) is 0. The van der Waals surface area contributed by atoms with Gasteiger partial charge < -0.3 is 0 Å². The van der Waals surface area contributed by atoms with Crippen molar-refractivity contribution in [2.24, 2.45) is 0 Å². The highest BCUT2D eigenvalue weighted by atomic mass is 15.3. The van der Waals surface area contributed by atoms with E-state index < -0.39 is 0 Å². The molecule has 0 saturated carbocycles. The monoisotopic (exact) mass is 290 g/mol. The number of hydrogen-bond acceptors (Lipinski definition) is 4. The van der Waals surface area contributed by atoms with Gasteiger partial charge in [0.05, 0.1) is 16.9 Å². The SMILES string of the molecule is Cc1cc(C)n(-c2ccc3cccc(-n4cnnc4)c3n2)n1. The fraction of sp³-hybridized carbons (Fsp3) is 0.125. The van der Waals surface area contributed by atoms with Crippen molar-refractivity contribution in [3.8, 4) is 11.5 Å². The van der Waals surface area contributed by atoms with Crippen molar-refractivity contribution >= 4 is 10.9 Å². The van der Waals surface area contributed by atoms with E-state index in [1.165, 1.54) is 0 Å². The molecular formula is C16H14N6. The van der Waals surface area contributed by atoms with Crippen LogP contribution in [0.1, 0.15) is 11.4 Å². The van der Waals surface area contributed by atoms with Crippen LogP contribution in [0.25, 0.3) is 22.4 Å². The van der Waals surface area contributed by atoms with Crippen molar-refractivity contribution in [1.29, 1.82) is 0 Å². The Balaban J connectivity index is 1.97. The van der Waals surface area contributed by atoms with E-state index in [0.717, 1.165) is 33.8 Å². The fourth-order valence-corrected chi connectivity index (χ4v) is 2.63. The van der Waals surface area contributed by atoms with E-state index in [9.17, 15) is 0 Å². The maximum absolute atomic E-state index is 4.80. The summed E-state index contributed by atoms with van der Waals surface area (Å²) < 4.78 is 3.72. The highest BCUT2D eigenvalue weighted by molar-refractivity contribution is 5.87. The molecule has 0 aliphatic carbocycles. The van der Waals surface area contributed by atoms with Crippen LogP contribution in [0.15, 0.2) is 49.1 Å². The van der Waals surface area contributed by atoms with E-state index in [1.54, 1.807) is 12.7 Å². The first kappa shape index (κ1) is 12.7. The molecular weight excluding hydrogens is 276 g/mol. The Morgan fingerprint density at radius 2 is 1.77 bits per heavy atom. The minimum atomic E-state index is 0.804. The van der Waals surface area contributed by atoms with Gasteiger partial charge in [0.25, 0.3) is 0 Å². The third-order valence-corrected chi connectivity index (χ3v) is 3.61. The topological polar surface area (TPSA) is 61.4 Å². The van der Waals surface area contributed by atoms with Gasteiger partial charge in [-0.3, -0.25) is 4.57 Å². The van der Waals surface area contributed by atoms with E-state index in [0.29, 0.717) is 0 Å². The first-order valence-electron chi connectivity index (χ1n) is 7.01. The van der Waals surface area contributed by atoms with Crippen molar-refractivity contribution in [3.63, 3.8) is 0 Å². The van der Waals surface area contributed by atoms with E-state index in [-0.39, 0.29) is 0 Å². The van der Waals surface area contributed by atoms with Crippen LogP contribution in [0, 0.1) is 13.8 Å². The number of rotatable bonds is 2. The zero-order valence-electron chi connectivity index (χ0n) is 12.3. The van der Waals surface area contributed by atoms with E-state index in [2.05, 4.69) is 21.4 Å². The number of nitrogens with zero attached hydrogens (tertiary/aromatic N) is 6. The molecule has 0 amide bonds. The fourth-order valence-electron chi connectivity index (χ4n) is 2.63. The smallest absolute Gasteiger partial charge is 0.154 e. The normalized spacial score (nSPS) is 11.2. The molecule has 4 aromatic rings. The molecule has 3 aromatic heterocycles. The molecule has 108 valence electrons. The molecule has 0 N–H and O–H groups in total. The third kappa shape index (κ3) is 1.96. The quantitative estimate of drug-likeness (QED) is 0.569. The van der Waals surface area contributed by atoms with Crippen molar-refractivity contribution in [3.05, 3.63) is 60.4 Å². The molecule has 0 atom stereocenters. The average molecular weight is 290 g/mol. The Morgan fingerprint density at radius 3 is 2.50 bits per heavy atom. The second kappa shape index (κ2) is 4.77. The number of para-hydroxylation sites is 1. The molecule has 22 heavy (non-hydrogen) atoms. The standard InChI is InChI=1S/C16H14N6/c1-11-8-12(2)22(20-11)15-7-6-13-4-3-5-14(16(13)19-15)21-9-17-18-10-21/h3-10H,1-2H3. The first-order valence-corrected chi connectivity index (χ1v) is 7.01. The largest absolute Gasteiger partial charge is 0.286 e. The van der Waals surface area contributed by atoms with Crippen LogP contribution in [0.5, 0.6) is 0 Å². The van der Waals surface area contributed by atoms with Gasteiger partial charge in [-0.15, -0.1) is 10.2 Å². The summed E-state index contributed by atoms with van der Waals surface area (Å²) in [7, 11) is 0. The predicted molar refractivity (Wildman–Crippen MR) is 83.3 cm³/mol. The minimum Gasteiger partial charge on any atom is -0.286 e. The zero-order chi connectivity index (χ0) is 15.1. The Morgan fingerprint density at radius 1 is 0.955 bits per heavy atom. The van der Waals surface area contributed by atoms with Crippen LogP contribution in [-0.4, -0.2) is 29.5 Å². The summed E-state index contributed by atoms with van der Waals surface area (Å²) in [5.74, 6) is 0.804. The molecule has 4 rings (SSSR count). The van der Waals surface area contributed by atoms with Gasteiger partial charge in [0.15, 0.2) is 5.82 Å². The molecule has 0 saturated heterocycles. The number of pyridine rings is 1. The van der Waals surface area contributed by atoms with Crippen LogP contribution < -0.4 is 0 Å². The Kier molecular flexibility index (Phi) is 2.75. The Labute approximate surface area is 127 Å². The van der Waals surface area contributed by atoms with Gasteiger partial charge in [-0.2, -0.15) is 5.10 Å². The lowest BCUT2D eigenvalue weighted by Gasteiger charge is -2.09. The Bertz CT molecular complexity index is 952. The molecule has 0 fully saturated rings. The van der Waals surface area contributed by atoms with Crippen molar-refractivity contribution < 1.29 is 0 Å². The van der Waals surface area contributed by atoms with E-state index in [1.807, 2.05) is 53.4 Å². The number of aryl methyl sites for hydroxylation is 2. The summed E-state index contributed by atoms with van der Waals surface area (Å²) in [6.45, 7) is 4.00. The second-order valence-corrected chi connectivity index (χ2v) is 5.23. The average Bonchev–Trinajstić information content (AvgIpc) is 3.16. The molecule has 1 aromatic carbocycles. The van der Waals surface area contributed by atoms with Crippen LogP contribution in [0.3, 0.4) is 0 Å². The molecule has 6 heteroatoms. The molecule has 0 unspecified atom stereocenters. The lowest BCUT2D eigenvalue weighted by molar-refractivity contribution is 0.810. The van der Waals surface area contributed by atoms with E-state index >= 15 is 0 Å². The Hall–Kier alpha value is -3.02. The van der Waals surface area contributed by atoms with Gasteiger partial charge >= 0.3 is 0 Å². The maximum atomic E-state index is 4.80. The maximum Gasteiger partial charge on any atom is 0.154 e. The lowest BCUT2D eigenvalue weighted by atomic mass is 10.2. The van der Waals surface area contributed by atoms with Crippen LogP contribution in [-0.2, 0) is 0 Å². The molecule has 6 nitrogen and oxygen atoms in total. The summed E-state index contributed by atoms with van der Waals surface area (Å²) in [6.07, 6.45) is 3.35. The summed E-state index contributed by atoms with van der Waals surface area (Å²) in [5, 5.41) is 13.3. The minimum absolute atomic E-state index is 0.804. The van der Waals surface area contributed by atoms with Gasteiger partial charge in [0, 0.05) is 11.1 Å². The zero-order valence-corrected chi connectivity index (χ0v) is 12.3. The number of fused-ring (bicyclic) bond motifs is 1. The van der Waals surface area contributed by atoms with E-state index in [4.69, 9.17) is 4.98 Å². The van der Waals surface area contributed by atoms with Gasteiger partial charge in [-0.05, 0) is 38.1 Å². The van der Waals surface area contributed by atoms with Crippen LogP contribution in [0.4, 0.5) is 0 Å². The lowest BCUT2D eigenvalue weighted by Crippen LogP contribution is -2.03. The number of aromatic nitrogens is 6. The van der Waals surface area contributed by atoms with Crippen molar-refractivity contribution in [2.75, 3.05) is 0 Å². The summed E-state index contributed by atoms with van der Waals surface area (Å²) in [6, 6.07) is 12.1. The summed E-state index contributed by atoms with van der Waals surface area (Å²) in [5.41, 5.74) is 3.89. The molecule has 0 spiro atoms. The molecule has 3 heterocycles. The van der Waals surface area contributed by atoms with Gasteiger partial charge in [0.1, 0.15) is 12.7 Å². The van der Waals surface area contributed by atoms with Gasteiger partial charge in [0.2, 0.25) is 0 Å². The predicted octanol–water partition coefficient (Wildman–Crippen LogP) is 2.62. The third-order valence-electron chi connectivity index (χ3n) is 3.61. The molecule has 0 bridgehead atoms. The summed E-state index contributed by atoms with van der Waals surface area (Å²) in [4.78, 5) is 4.80. The molecule has 0 radical (unpaired) electrons. The highest BCUT2D eigenvalue weighted by Gasteiger charge is 2.09.